The van der Waals surface area contributed by atoms with Gasteiger partial charge in [-0.3, -0.25) is 4.90 Å². The molecule has 0 atom stereocenters. The van der Waals surface area contributed by atoms with Crippen molar-refractivity contribution in [3.05, 3.63) is 36.0 Å². The third-order valence-corrected chi connectivity index (χ3v) is 4.98. The molecule has 2 aromatic rings. The lowest BCUT2D eigenvalue weighted by molar-refractivity contribution is -0.148. The highest BCUT2D eigenvalue weighted by Crippen LogP contribution is 2.20. The third-order valence-electron chi connectivity index (χ3n) is 4.98. The Hall–Kier alpha value is -2.22. The van der Waals surface area contributed by atoms with Crippen molar-refractivity contribution >= 4 is 16.9 Å². The van der Waals surface area contributed by atoms with Crippen LogP contribution in [0.3, 0.4) is 0 Å². The molecule has 1 aliphatic rings. The molecule has 2 heterocycles. The lowest BCUT2D eigenvalue weighted by Crippen LogP contribution is -2.50. The molecule has 2 amide bonds. The summed E-state index contributed by atoms with van der Waals surface area (Å²) in [5, 5.41) is 4.08. The fourth-order valence-electron chi connectivity index (χ4n) is 3.50. The van der Waals surface area contributed by atoms with Crippen molar-refractivity contribution < 1.29 is 18.0 Å². The maximum Gasteiger partial charge on any atom is 0.401 e. The highest BCUT2D eigenvalue weighted by atomic mass is 19.4. The number of halogens is 3. The lowest BCUT2D eigenvalue weighted by Gasteiger charge is -2.34. The van der Waals surface area contributed by atoms with Crippen LogP contribution in [-0.4, -0.2) is 59.2 Å². The van der Waals surface area contributed by atoms with E-state index in [1.807, 2.05) is 31.3 Å². The van der Waals surface area contributed by atoms with E-state index in [-0.39, 0.29) is 12.1 Å². The Morgan fingerprint density at radius 2 is 2.04 bits per heavy atom. The first kappa shape index (κ1) is 19.5. The number of hydrogen-bond acceptors (Lipinski definition) is 2. The van der Waals surface area contributed by atoms with Gasteiger partial charge in [-0.1, -0.05) is 6.07 Å². The van der Waals surface area contributed by atoms with Crippen LogP contribution >= 0.6 is 0 Å². The Bertz CT molecular complexity index is 766. The molecular weight excluding hydrogens is 357 g/mol. The fraction of sp³-hybridized carbons (Fsp3) is 0.526. The number of rotatable bonds is 5. The molecule has 0 bridgehead atoms. The lowest BCUT2D eigenvalue weighted by atomic mass is 10.1. The number of nitrogens with one attached hydrogen (secondary N) is 2. The van der Waals surface area contributed by atoms with E-state index in [1.165, 1.54) is 4.90 Å². The Morgan fingerprint density at radius 3 is 2.70 bits per heavy atom. The molecule has 3 rings (SSSR count). The van der Waals surface area contributed by atoms with E-state index in [9.17, 15) is 18.0 Å². The average molecular weight is 382 g/mol. The van der Waals surface area contributed by atoms with Crippen LogP contribution in [0.15, 0.2) is 30.5 Å². The molecule has 148 valence electrons. The van der Waals surface area contributed by atoms with Crippen LogP contribution in [0.25, 0.3) is 10.9 Å². The fourth-order valence-corrected chi connectivity index (χ4v) is 3.50. The molecule has 1 aromatic carbocycles. The van der Waals surface area contributed by atoms with E-state index in [4.69, 9.17) is 0 Å². The number of likely N-dealkylation sites (tertiary alicyclic amines) is 1. The minimum absolute atomic E-state index is 0.0804. The van der Waals surface area contributed by atoms with Crippen LogP contribution in [0, 0.1) is 0 Å². The number of carbonyl (C=O) groups is 1. The summed E-state index contributed by atoms with van der Waals surface area (Å²) in [5.74, 6) is 0. The minimum Gasteiger partial charge on any atom is -0.361 e. The quantitative estimate of drug-likeness (QED) is 0.828. The molecule has 0 saturated carbocycles. The summed E-state index contributed by atoms with van der Waals surface area (Å²) in [6, 6.07) is 7.78. The predicted molar refractivity (Wildman–Crippen MR) is 98.4 cm³/mol. The molecule has 8 heteroatoms. The minimum atomic E-state index is -4.17. The van der Waals surface area contributed by atoms with E-state index in [0.717, 1.165) is 16.5 Å². The number of H-pyrrole nitrogens is 1. The highest BCUT2D eigenvalue weighted by Gasteiger charge is 2.33. The van der Waals surface area contributed by atoms with Gasteiger partial charge in [0.15, 0.2) is 0 Å². The monoisotopic (exact) mass is 382 g/mol. The number of fused-ring (bicyclic) bond motifs is 1. The molecule has 5 nitrogen and oxygen atoms in total. The number of hydrogen-bond donors (Lipinski definition) is 2. The molecule has 0 unspecified atom stereocenters. The Kier molecular flexibility index (Phi) is 5.94. The number of urea groups is 1. The van der Waals surface area contributed by atoms with Gasteiger partial charge >= 0.3 is 12.2 Å². The first-order valence-electron chi connectivity index (χ1n) is 9.24. The molecule has 1 fully saturated rings. The van der Waals surface area contributed by atoms with Crippen molar-refractivity contribution in [2.75, 3.05) is 26.2 Å². The van der Waals surface area contributed by atoms with Crippen LogP contribution in [0.5, 0.6) is 0 Å². The maximum absolute atomic E-state index is 12.6. The summed E-state index contributed by atoms with van der Waals surface area (Å²) in [5.41, 5.74) is 2.09. The molecule has 1 saturated heterocycles. The van der Waals surface area contributed by atoms with E-state index in [2.05, 4.69) is 16.4 Å². The van der Waals surface area contributed by atoms with Crippen LogP contribution in [0.4, 0.5) is 18.0 Å². The van der Waals surface area contributed by atoms with Gasteiger partial charge in [-0.2, -0.15) is 13.2 Å². The molecule has 0 aliphatic carbocycles. The Labute approximate surface area is 156 Å². The van der Waals surface area contributed by atoms with Gasteiger partial charge in [0.05, 0.1) is 6.54 Å². The zero-order valence-corrected chi connectivity index (χ0v) is 15.4. The molecule has 27 heavy (non-hydrogen) atoms. The van der Waals surface area contributed by atoms with Gasteiger partial charge in [0.2, 0.25) is 0 Å². The molecule has 0 spiro atoms. The number of carbonyl (C=O) groups excluding carboxylic acids is 1. The number of piperidine rings is 1. The van der Waals surface area contributed by atoms with Crippen LogP contribution in [0.1, 0.15) is 25.3 Å². The second kappa shape index (κ2) is 8.21. The smallest absolute Gasteiger partial charge is 0.361 e. The van der Waals surface area contributed by atoms with Gasteiger partial charge in [0.25, 0.3) is 0 Å². The van der Waals surface area contributed by atoms with E-state index in [1.54, 1.807) is 4.90 Å². The summed E-state index contributed by atoms with van der Waals surface area (Å²) in [7, 11) is 0. The first-order chi connectivity index (χ1) is 12.8. The zero-order chi connectivity index (χ0) is 19.4. The van der Waals surface area contributed by atoms with Crippen LogP contribution in [0.2, 0.25) is 0 Å². The van der Waals surface area contributed by atoms with Crippen LogP contribution < -0.4 is 5.32 Å². The van der Waals surface area contributed by atoms with Gasteiger partial charge in [-0.05, 0) is 48.9 Å². The Morgan fingerprint density at radius 1 is 1.30 bits per heavy atom. The molecule has 1 aliphatic heterocycles. The largest absolute Gasteiger partial charge is 0.401 e. The van der Waals surface area contributed by atoms with Crippen molar-refractivity contribution in [3.63, 3.8) is 0 Å². The maximum atomic E-state index is 12.6. The zero-order valence-electron chi connectivity index (χ0n) is 15.4. The number of aromatic nitrogens is 1. The van der Waals surface area contributed by atoms with Gasteiger partial charge in [-0.25, -0.2) is 4.79 Å². The highest BCUT2D eigenvalue weighted by molar-refractivity contribution is 5.80. The normalized spacial score (nSPS) is 16.6. The van der Waals surface area contributed by atoms with Gasteiger partial charge in [-0.15, -0.1) is 0 Å². The van der Waals surface area contributed by atoms with Crippen molar-refractivity contribution in [2.45, 2.75) is 38.5 Å². The SMILES string of the molecule is CCN(Cc1ccc2[nH]ccc2c1)C(=O)NC1CCN(CC(F)(F)F)CC1. The van der Waals surface area contributed by atoms with E-state index >= 15 is 0 Å². The molecular formula is C19H25F3N4O. The molecule has 1 aromatic heterocycles. The number of nitrogens with zero attached hydrogens (tertiary/aromatic N) is 2. The van der Waals surface area contributed by atoms with Crippen LogP contribution in [-0.2, 0) is 6.54 Å². The van der Waals surface area contributed by atoms with Crippen molar-refractivity contribution in [1.82, 2.24) is 20.1 Å². The standard InChI is InChI=1S/C19H25F3N4O/c1-2-26(12-14-3-4-17-15(11-14)5-8-23-17)18(27)24-16-6-9-25(10-7-16)13-19(20,21)22/h3-5,8,11,16,23H,2,6-7,9-10,12-13H2,1H3,(H,24,27). The summed E-state index contributed by atoms with van der Waals surface area (Å²) in [6.45, 7) is 2.79. The predicted octanol–water partition coefficient (Wildman–Crippen LogP) is 3.73. The Balaban J connectivity index is 1.51. The van der Waals surface area contributed by atoms with Gasteiger partial charge < -0.3 is 15.2 Å². The first-order valence-corrected chi connectivity index (χ1v) is 9.24. The van der Waals surface area contributed by atoms with E-state index in [0.29, 0.717) is 39.0 Å². The topological polar surface area (TPSA) is 51.4 Å². The summed E-state index contributed by atoms with van der Waals surface area (Å²) in [4.78, 5) is 18.8. The van der Waals surface area contributed by atoms with Gasteiger partial charge in [0, 0.05) is 43.9 Å². The van der Waals surface area contributed by atoms with Crippen molar-refractivity contribution in [3.8, 4) is 0 Å². The second-order valence-electron chi connectivity index (χ2n) is 7.03. The third kappa shape index (κ3) is 5.38. The summed E-state index contributed by atoms with van der Waals surface area (Å²) in [6.07, 6.45) is -1.22. The van der Waals surface area contributed by atoms with Crippen molar-refractivity contribution in [1.29, 1.82) is 0 Å². The summed E-state index contributed by atoms with van der Waals surface area (Å²) >= 11 is 0. The average Bonchev–Trinajstić information content (AvgIpc) is 3.07. The number of alkyl halides is 3. The van der Waals surface area contributed by atoms with Crippen molar-refractivity contribution in [2.24, 2.45) is 0 Å². The molecule has 2 N–H and O–H groups in total. The number of benzene rings is 1. The molecule has 0 radical (unpaired) electrons. The van der Waals surface area contributed by atoms with Gasteiger partial charge in [0.1, 0.15) is 0 Å². The second-order valence-corrected chi connectivity index (χ2v) is 7.03. The summed E-state index contributed by atoms with van der Waals surface area (Å²) < 4.78 is 37.4. The number of aromatic amines is 1. The number of amides is 2. The van der Waals surface area contributed by atoms with E-state index < -0.39 is 12.7 Å².